The molecular formula is C71H49N. The standard InChI is InChI=1S/C71H49N/c1-5-23-50(24-6-1)60-34-15-16-37-65(60)70-61(52-25-7-2-8-26-52)39-22-40-66(70)64-36-18-20-42-69(64)72(56-45-43-53(44-46-56)59-38-21-28-51-27-13-14-33-58(51)59)57-47-48-63-62-35-17-19-41-67(62)71(68(63)49-57,54-29-9-3-10-30-54)55-31-11-4-12-32-55/h1-49H. The van der Waals surface area contributed by atoms with Crippen molar-refractivity contribution in [2.45, 2.75) is 5.41 Å². The third-order valence-electron chi connectivity index (χ3n) is 14.8. The molecule has 0 aromatic heterocycles. The molecular weight excluding hydrogens is 867 g/mol. The summed E-state index contributed by atoms with van der Waals surface area (Å²) in [6.45, 7) is 0. The summed E-state index contributed by atoms with van der Waals surface area (Å²) in [4.78, 5) is 2.49. The van der Waals surface area contributed by atoms with E-state index in [1.165, 1.54) is 88.7 Å². The molecule has 0 atom stereocenters. The first-order valence-corrected chi connectivity index (χ1v) is 24.9. The first-order chi connectivity index (χ1) is 35.8. The number of fused-ring (bicyclic) bond motifs is 4. The monoisotopic (exact) mass is 915 g/mol. The fraction of sp³-hybridized carbons (Fsp3) is 0.0141. The van der Waals surface area contributed by atoms with Gasteiger partial charge in [-0.2, -0.15) is 0 Å². The Morgan fingerprint density at radius 1 is 0.250 bits per heavy atom. The molecule has 0 radical (unpaired) electrons. The highest BCUT2D eigenvalue weighted by Crippen LogP contribution is 2.58. The third kappa shape index (κ3) is 7.17. The molecule has 13 rings (SSSR count). The highest BCUT2D eigenvalue weighted by atomic mass is 15.1. The van der Waals surface area contributed by atoms with Gasteiger partial charge in [-0.1, -0.05) is 267 Å². The summed E-state index contributed by atoms with van der Waals surface area (Å²) < 4.78 is 0. The van der Waals surface area contributed by atoms with Crippen molar-refractivity contribution < 1.29 is 0 Å². The molecule has 1 aliphatic carbocycles. The van der Waals surface area contributed by atoms with Crippen LogP contribution in [0.2, 0.25) is 0 Å². The Balaban J connectivity index is 1.08. The Bertz CT molecular complexity index is 3850. The zero-order valence-electron chi connectivity index (χ0n) is 39.7. The molecule has 0 aliphatic heterocycles. The maximum atomic E-state index is 2.49. The fourth-order valence-corrected chi connectivity index (χ4v) is 11.7. The normalized spacial score (nSPS) is 12.3. The smallest absolute Gasteiger partial charge is 0.0714 e. The van der Waals surface area contributed by atoms with Gasteiger partial charge < -0.3 is 4.90 Å². The van der Waals surface area contributed by atoms with Crippen LogP contribution in [0, 0.1) is 0 Å². The molecule has 0 saturated heterocycles. The van der Waals surface area contributed by atoms with Crippen LogP contribution in [0.1, 0.15) is 22.3 Å². The lowest BCUT2D eigenvalue weighted by Gasteiger charge is -2.35. The van der Waals surface area contributed by atoms with Crippen molar-refractivity contribution in [2.75, 3.05) is 4.90 Å². The van der Waals surface area contributed by atoms with Crippen molar-refractivity contribution in [1.82, 2.24) is 0 Å². The van der Waals surface area contributed by atoms with E-state index in [4.69, 9.17) is 0 Å². The molecule has 1 heteroatoms. The fourth-order valence-electron chi connectivity index (χ4n) is 11.7. The SMILES string of the molecule is c1ccc(-c2ccccc2-c2c(-c3ccccc3)cccc2-c2ccccc2N(c2ccc(-c3cccc4ccccc34)cc2)c2ccc3c(c2)C(c2ccccc2)(c2ccccc2)c2ccccc2-3)cc1. The van der Waals surface area contributed by atoms with Gasteiger partial charge in [0.2, 0.25) is 0 Å². The molecule has 0 saturated carbocycles. The molecule has 0 fully saturated rings. The van der Waals surface area contributed by atoms with Crippen molar-refractivity contribution in [3.8, 4) is 66.8 Å². The molecule has 0 spiro atoms. The van der Waals surface area contributed by atoms with Gasteiger partial charge in [-0.15, -0.1) is 0 Å². The van der Waals surface area contributed by atoms with E-state index in [-0.39, 0.29) is 0 Å². The Kier molecular flexibility index (Phi) is 10.8. The van der Waals surface area contributed by atoms with Crippen LogP contribution in [0.4, 0.5) is 17.1 Å². The zero-order chi connectivity index (χ0) is 47.8. The second-order valence-electron chi connectivity index (χ2n) is 18.7. The quantitative estimate of drug-likeness (QED) is 0.132. The van der Waals surface area contributed by atoms with E-state index in [9.17, 15) is 0 Å². The minimum Gasteiger partial charge on any atom is -0.310 e. The summed E-state index contributed by atoms with van der Waals surface area (Å²) in [6.07, 6.45) is 0. The lowest BCUT2D eigenvalue weighted by atomic mass is 9.67. The summed E-state index contributed by atoms with van der Waals surface area (Å²) >= 11 is 0. The maximum Gasteiger partial charge on any atom is 0.0714 e. The van der Waals surface area contributed by atoms with Gasteiger partial charge in [-0.25, -0.2) is 0 Å². The van der Waals surface area contributed by atoms with Gasteiger partial charge in [0.15, 0.2) is 0 Å². The molecule has 0 amide bonds. The highest BCUT2D eigenvalue weighted by Gasteiger charge is 2.46. The predicted octanol–water partition coefficient (Wildman–Crippen LogP) is 19.0. The van der Waals surface area contributed by atoms with Gasteiger partial charge in [-0.3, -0.25) is 0 Å². The lowest BCUT2D eigenvalue weighted by molar-refractivity contribution is 0.768. The average molecular weight is 916 g/mol. The van der Waals surface area contributed by atoms with Crippen molar-refractivity contribution in [2.24, 2.45) is 0 Å². The van der Waals surface area contributed by atoms with E-state index in [2.05, 4.69) is 302 Å². The van der Waals surface area contributed by atoms with Gasteiger partial charge in [-0.05, 0) is 125 Å². The van der Waals surface area contributed by atoms with Crippen LogP contribution >= 0.6 is 0 Å². The molecule has 1 aliphatic rings. The summed E-state index contributed by atoms with van der Waals surface area (Å²) in [6, 6.07) is 109. The molecule has 338 valence electrons. The van der Waals surface area contributed by atoms with Crippen LogP contribution in [0.5, 0.6) is 0 Å². The van der Waals surface area contributed by atoms with E-state index >= 15 is 0 Å². The van der Waals surface area contributed by atoms with Crippen molar-refractivity contribution in [3.63, 3.8) is 0 Å². The van der Waals surface area contributed by atoms with Gasteiger partial charge in [0.1, 0.15) is 0 Å². The summed E-state index contributed by atoms with van der Waals surface area (Å²) in [7, 11) is 0. The number of hydrogen-bond donors (Lipinski definition) is 0. The van der Waals surface area contributed by atoms with Crippen LogP contribution < -0.4 is 4.90 Å². The van der Waals surface area contributed by atoms with Crippen molar-refractivity contribution in [1.29, 1.82) is 0 Å². The number of nitrogens with zero attached hydrogens (tertiary/aromatic N) is 1. The molecule has 12 aromatic carbocycles. The number of rotatable bonds is 10. The van der Waals surface area contributed by atoms with Gasteiger partial charge in [0.25, 0.3) is 0 Å². The van der Waals surface area contributed by atoms with E-state index in [0.717, 1.165) is 28.2 Å². The molecule has 1 nitrogen and oxygen atoms in total. The maximum absolute atomic E-state index is 2.49. The van der Waals surface area contributed by atoms with Crippen molar-refractivity contribution >= 4 is 27.8 Å². The third-order valence-corrected chi connectivity index (χ3v) is 14.8. The largest absolute Gasteiger partial charge is 0.310 e. The van der Waals surface area contributed by atoms with Gasteiger partial charge >= 0.3 is 0 Å². The number of hydrogen-bond acceptors (Lipinski definition) is 1. The van der Waals surface area contributed by atoms with Gasteiger partial charge in [0, 0.05) is 16.9 Å². The van der Waals surface area contributed by atoms with Crippen LogP contribution in [0.3, 0.4) is 0 Å². The number of benzene rings is 12. The minimum atomic E-state index is -0.563. The molecule has 0 heterocycles. The van der Waals surface area contributed by atoms with E-state index in [1.807, 2.05) is 0 Å². The minimum absolute atomic E-state index is 0.563. The molecule has 12 aromatic rings. The van der Waals surface area contributed by atoms with Crippen LogP contribution in [0.15, 0.2) is 297 Å². The van der Waals surface area contributed by atoms with Crippen LogP contribution in [0.25, 0.3) is 77.5 Å². The molecule has 0 bridgehead atoms. The summed E-state index contributed by atoms with van der Waals surface area (Å²) in [5.74, 6) is 0. The first-order valence-electron chi connectivity index (χ1n) is 24.9. The van der Waals surface area contributed by atoms with Crippen LogP contribution in [-0.2, 0) is 5.41 Å². The highest BCUT2D eigenvalue weighted by molar-refractivity contribution is 6.03. The number of anilines is 3. The summed E-state index contributed by atoms with van der Waals surface area (Å²) in [5, 5.41) is 2.48. The Morgan fingerprint density at radius 2 is 0.708 bits per heavy atom. The van der Waals surface area contributed by atoms with Crippen molar-refractivity contribution in [3.05, 3.63) is 320 Å². The second-order valence-corrected chi connectivity index (χ2v) is 18.7. The Labute approximate surface area is 422 Å². The van der Waals surface area contributed by atoms with E-state index < -0.39 is 5.41 Å². The lowest BCUT2D eigenvalue weighted by Crippen LogP contribution is -2.28. The summed E-state index contributed by atoms with van der Waals surface area (Å²) in [5.41, 5.74) is 22.0. The zero-order valence-corrected chi connectivity index (χ0v) is 39.7. The first kappa shape index (κ1) is 42.8. The predicted molar refractivity (Wildman–Crippen MR) is 303 cm³/mol. The van der Waals surface area contributed by atoms with E-state index in [1.54, 1.807) is 0 Å². The van der Waals surface area contributed by atoms with Crippen LogP contribution in [-0.4, -0.2) is 0 Å². The molecule has 0 unspecified atom stereocenters. The Morgan fingerprint density at radius 3 is 1.42 bits per heavy atom. The molecule has 72 heavy (non-hydrogen) atoms. The second kappa shape index (κ2) is 18.2. The van der Waals surface area contributed by atoms with Gasteiger partial charge in [0.05, 0.1) is 11.1 Å². The van der Waals surface area contributed by atoms with E-state index in [0.29, 0.717) is 0 Å². The average Bonchev–Trinajstić information content (AvgIpc) is 3.76. The number of para-hydroxylation sites is 1. The topological polar surface area (TPSA) is 3.24 Å². The Hall–Kier alpha value is -9.30. The molecule has 0 N–H and O–H groups in total.